The number of rotatable bonds is 3. The summed E-state index contributed by atoms with van der Waals surface area (Å²) in [5.41, 5.74) is 2.79. The number of fused-ring (bicyclic) bond motifs is 1. The van der Waals surface area contributed by atoms with Crippen molar-refractivity contribution in [1.82, 2.24) is 24.2 Å². The maximum absolute atomic E-state index is 13.0. The molecule has 0 saturated heterocycles. The van der Waals surface area contributed by atoms with Crippen molar-refractivity contribution in [2.45, 2.75) is 39.8 Å². The van der Waals surface area contributed by atoms with E-state index in [1.54, 1.807) is 0 Å². The van der Waals surface area contributed by atoms with Crippen LogP contribution in [-0.4, -0.2) is 36.7 Å². The molecule has 0 fully saturated rings. The Bertz CT molecular complexity index is 939. The van der Waals surface area contributed by atoms with Crippen molar-refractivity contribution in [1.29, 1.82) is 0 Å². The summed E-state index contributed by atoms with van der Waals surface area (Å²) >= 11 is 0. The normalized spacial score (nSPS) is 13.9. The van der Waals surface area contributed by atoms with Crippen LogP contribution in [0.1, 0.15) is 47.3 Å². The molecule has 0 atom stereocenters. The smallest absolute Gasteiger partial charge is 0.254 e. The Balaban J connectivity index is 1.56. The third-order valence-corrected chi connectivity index (χ3v) is 4.93. The molecule has 6 nitrogen and oxygen atoms in total. The molecule has 0 bridgehead atoms. The third-order valence-electron chi connectivity index (χ3n) is 4.93. The van der Waals surface area contributed by atoms with Crippen molar-refractivity contribution in [3.8, 4) is 5.69 Å². The van der Waals surface area contributed by atoms with Gasteiger partial charge in [-0.25, -0.2) is 0 Å². The molecule has 1 aliphatic rings. The van der Waals surface area contributed by atoms with Gasteiger partial charge in [0.05, 0.1) is 6.54 Å². The zero-order valence-electron chi connectivity index (χ0n) is 15.4. The number of benzene rings is 1. The minimum absolute atomic E-state index is 0.0573. The van der Waals surface area contributed by atoms with Gasteiger partial charge in [-0.2, -0.15) is 0 Å². The lowest BCUT2D eigenvalue weighted by atomic mass is 10.1. The average molecular weight is 349 g/mol. The summed E-state index contributed by atoms with van der Waals surface area (Å²) in [5, 5.41) is 8.58. The lowest BCUT2D eigenvalue weighted by Gasteiger charge is -2.29. The van der Waals surface area contributed by atoms with Crippen LogP contribution in [0.15, 0.2) is 42.7 Å². The van der Waals surface area contributed by atoms with Gasteiger partial charge in [0.1, 0.15) is 5.82 Å². The lowest BCUT2D eigenvalue weighted by Crippen LogP contribution is -2.39. The van der Waals surface area contributed by atoms with Crippen molar-refractivity contribution in [3.05, 3.63) is 65.5 Å². The zero-order chi connectivity index (χ0) is 18.3. The standard InChI is InChI=1S/C20H23N5O/c1-14(2)19-22-21-18-13-24(10-11-25(18)19)20(26)17-7-6-16(12-15(17)3)23-8-4-5-9-23/h4-9,12,14H,10-11,13H2,1-3H3. The summed E-state index contributed by atoms with van der Waals surface area (Å²) in [7, 11) is 0. The second-order valence-corrected chi connectivity index (χ2v) is 7.10. The maximum atomic E-state index is 13.0. The first-order chi connectivity index (χ1) is 12.5. The molecule has 1 aromatic carbocycles. The van der Waals surface area contributed by atoms with Gasteiger partial charge < -0.3 is 14.0 Å². The van der Waals surface area contributed by atoms with Crippen molar-refractivity contribution < 1.29 is 4.79 Å². The van der Waals surface area contributed by atoms with Crippen LogP contribution in [0.3, 0.4) is 0 Å². The van der Waals surface area contributed by atoms with E-state index in [-0.39, 0.29) is 5.91 Å². The zero-order valence-corrected chi connectivity index (χ0v) is 15.4. The first-order valence-corrected chi connectivity index (χ1v) is 9.00. The minimum Gasteiger partial charge on any atom is -0.329 e. The van der Waals surface area contributed by atoms with Crippen LogP contribution in [-0.2, 0) is 13.1 Å². The van der Waals surface area contributed by atoms with E-state index in [2.05, 4.69) is 34.7 Å². The molecule has 2 aromatic heterocycles. The summed E-state index contributed by atoms with van der Waals surface area (Å²) in [6.45, 7) is 8.17. The number of aromatic nitrogens is 4. The number of nitrogens with zero attached hydrogens (tertiary/aromatic N) is 5. The number of carbonyl (C=O) groups excluding carboxylic acids is 1. The maximum Gasteiger partial charge on any atom is 0.254 e. The van der Waals surface area contributed by atoms with Gasteiger partial charge in [0.15, 0.2) is 5.82 Å². The fourth-order valence-corrected chi connectivity index (χ4v) is 3.51. The quantitative estimate of drug-likeness (QED) is 0.730. The van der Waals surface area contributed by atoms with Crippen LogP contribution in [0.2, 0.25) is 0 Å². The van der Waals surface area contributed by atoms with Gasteiger partial charge in [0.2, 0.25) is 0 Å². The van der Waals surface area contributed by atoms with Gasteiger partial charge in [-0.3, -0.25) is 4.79 Å². The van der Waals surface area contributed by atoms with Crippen molar-refractivity contribution in [3.63, 3.8) is 0 Å². The van der Waals surface area contributed by atoms with Crippen LogP contribution in [0.5, 0.6) is 0 Å². The van der Waals surface area contributed by atoms with Crippen molar-refractivity contribution in [2.24, 2.45) is 0 Å². The average Bonchev–Trinajstić information content (AvgIpc) is 3.30. The van der Waals surface area contributed by atoms with E-state index in [0.717, 1.165) is 35.0 Å². The van der Waals surface area contributed by atoms with Crippen LogP contribution < -0.4 is 0 Å². The molecule has 1 aliphatic heterocycles. The SMILES string of the molecule is Cc1cc(-n2cccc2)ccc1C(=O)N1CCn2c(nnc2C(C)C)C1. The monoisotopic (exact) mass is 349 g/mol. The Labute approximate surface area is 153 Å². The van der Waals surface area contributed by atoms with Gasteiger partial charge in [0, 0.05) is 42.7 Å². The molecule has 0 N–H and O–H groups in total. The molecule has 134 valence electrons. The predicted molar refractivity (Wildman–Crippen MR) is 99.4 cm³/mol. The van der Waals surface area contributed by atoms with E-state index in [9.17, 15) is 4.79 Å². The van der Waals surface area contributed by atoms with Gasteiger partial charge >= 0.3 is 0 Å². The molecule has 26 heavy (non-hydrogen) atoms. The van der Waals surface area contributed by atoms with Gasteiger partial charge in [0.25, 0.3) is 5.91 Å². The first-order valence-electron chi connectivity index (χ1n) is 9.00. The second kappa shape index (κ2) is 6.44. The molecule has 6 heteroatoms. The van der Waals surface area contributed by atoms with E-state index in [0.29, 0.717) is 19.0 Å². The number of carbonyl (C=O) groups is 1. The summed E-state index contributed by atoms with van der Waals surface area (Å²) in [6, 6.07) is 9.94. The number of aryl methyl sites for hydroxylation is 1. The van der Waals surface area contributed by atoms with E-state index >= 15 is 0 Å². The molecule has 0 unspecified atom stereocenters. The fraction of sp³-hybridized carbons (Fsp3) is 0.350. The second-order valence-electron chi connectivity index (χ2n) is 7.10. The van der Waals surface area contributed by atoms with Crippen molar-refractivity contribution >= 4 is 5.91 Å². The van der Waals surface area contributed by atoms with E-state index < -0.39 is 0 Å². The Morgan fingerprint density at radius 1 is 1.12 bits per heavy atom. The lowest BCUT2D eigenvalue weighted by molar-refractivity contribution is 0.0705. The van der Waals surface area contributed by atoms with E-state index in [1.165, 1.54) is 0 Å². The van der Waals surface area contributed by atoms with E-state index in [4.69, 9.17) is 0 Å². The van der Waals surface area contributed by atoms with Gasteiger partial charge in [-0.05, 0) is 42.8 Å². The number of amides is 1. The molecule has 3 aromatic rings. The minimum atomic E-state index is 0.0573. The van der Waals surface area contributed by atoms with Crippen LogP contribution in [0, 0.1) is 6.92 Å². The molecule has 4 rings (SSSR count). The fourth-order valence-electron chi connectivity index (χ4n) is 3.51. The Hall–Kier alpha value is -2.89. The molecule has 1 amide bonds. The highest BCUT2D eigenvalue weighted by atomic mass is 16.2. The summed E-state index contributed by atoms with van der Waals surface area (Å²) < 4.78 is 4.19. The van der Waals surface area contributed by atoms with Gasteiger partial charge in [-0.1, -0.05) is 13.8 Å². The molecule has 0 aliphatic carbocycles. The highest BCUT2D eigenvalue weighted by Crippen LogP contribution is 2.22. The Morgan fingerprint density at radius 2 is 1.88 bits per heavy atom. The Morgan fingerprint density at radius 3 is 2.58 bits per heavy atom. The summed E-state index contributed by atoms with van der Waals surface area (Å²) in [6.07, 6.45) is 4.00. The van der Waals surface area contributed by atoms with Gasteiger partial charge in [-0.15, -0.1) is 10.2 Å². The molecular formula is C20H23N5O. The molecule has 0 radical (unpaired) electrons. The largest absolute Gasteiger partial charge is 0.329 e. The van der Waals surface area contributed by atoms with Crippen LogP contribution in [0.4, 0.5) is 0 Å². The summed E-state index contributed by atoms with van der Waals surface area (Å²) in [4.78, 5) is 14.9. The highest BCUT2D eigenvalue weighted by molar-refractivity contribution is 5.95. The van der Waals surface area contributed by atoms with Crippen LogP contribution in [0.25, 0.3) is 5.69 Å². The van der Waals surface area contributed by atoms with Crippen molar-refractivity contribution in [2.75, 3.05) is 6.54 Å². The topological polar surface area (TPSA) is 56.0 Å². The van der Waals surface area contributed by atoms with E-state index in [1.807, 2.05) is 53.0 Å². The molecule has 0 spiro atoms. The summed E-state index contributed by atoms with van der Waals surface area (Å²) in [5.74, 6) is 2.26. The highest BCUT2D eigenvalue weighted by Gasteiger charge is 2.26. The first kappa shape index (κ1) is 16.6. The number of hydrogen-bond donors (Lipinski definition) is 0. The third kappa shape index (κ3) is 2.81. The number of hydrogen-bond acceptors (Lipinski definition) is 3. The molecular weight excluding hydrogens is 326 g/mol. The Kier molecular flexibility index (Phi) is 4.11. The predicted octanol–water partition coefficient (Wildman–Crippen LogP) is 3.16. The molecule has 3 heterocycles. The molecule has 0 saturated carbocycles. The van der Waals surface area contributed by atoms with Crippen LogP contribution >= 0.6 is 0 Å².